The lowest BCUT2D eigenvalue weighted by molar-refractivity contribution is 0.331. The summed E-state index contributed by atoms with van der Waals surface area (Å²) in [5.41, 5.74) is 5.52. The molecular weight excluding hydrogens is 216 g/mol. The van der Waals surface area contributed by atoms with E-state index in [2.05, 4.69) is 52.8 Å². The van der Waals surface area contributed by atoms with Crippen molar-refractivity contribution >= 4 is 0 Å². The Morgan fingerprint density at radius 2 is 1.50 bits per heavy atom. The molecular formula is C18H26. The average molecular weight is 242 g/mol. The zero-order valence-corrected chi connectivity index (χ0v) is 12.5. The van der Waals surface area contributed by atoms with Crippen LogP contribution in [0.5, 0.6) is 0 Å². The minimum absolute atomic E-state index is 0.360. The molecule has 1 aromatic rings. The third-order valence-corrected chi connectivity index (χ3v) is 5.41. The molecule has 0 nitrogen and oxygen atoms in total. The summed E-state index contributed by atoms with van der Waals surface area (Å²) in [4.78, 5) is 0. The minimum Gasteiger partial charge on any atom is -0.0619 e. The van der Waals surface area contributed by atoms with E-state index in [4.69, 9.17) is 0 Å². The monoisotopic (exact) mass is 242 g/mol. The van der Waals surface area contributed by atoms with E-state index in [0.717, 1.165) is 11.8 Å². The van der Waals surface area contributed by atoms with E-state index >= 15 is 0 Å². The average Bonchev–Trinajstić information content (AvgIpc) is 3.02. The maximum Gasteiger partial charge on any atom is -0.0100 e. The quantitative estimate of drug-likeness (QED) is 0.638. The predicted octanol–water partition coefficient (Wildman–Crippen LogP) is 5.16. The van der Waals surface area contributed by atoms with E-state index in [1.165, 1.54) is 19.3 Å². The second kappa shape index (κ2) is 3.62. The normalized spacial score (nSPS) is 31.8. The van der Waals surface area contributed by atoms with Crippen LogP contribution in [0.15, 0.2) is 18.2 Å². The van der Waals surface area contributed by atoms with E-state index < -0.39 is 0 Å². The van der Waals surface area contributed by atoms with Gasteiger partial charge in [-0.3, -0.25) is 0 Å². The highest BCUT2D eigenvalue weighted by Gasteiger charge is 2.39. The Balaban J connectivity index is 2.09. The molecule has 2 aliphatic carbocycles. The highest BCUT2D eigenvalue weighted by Crippen LogP contribution is 2.51. The van der Waals surface area contributed by atoms with Crippen LogP contribution in [0, 0.1) is 5.92 Å². The highest BCUT2D eigenvalue weighted by molar-refractivity contribution is 5.45. The van der Waals surface area contributed by atoms with Gasteiger partial charge in [0.15, 0.2) is 0 Å². The first-order valence-electron chi connectivity index (χ1n) is 7.46. The lowest BCUT2D eigenvalue weighted by Crippen LogP contribution is -2.33. The Labute approximate surface area is 112 Å². The summed E-state index contributed by atoms with van der Waals surface area (Å²) in [7, 11) is 0. The van der Waals surface area contributed by atoms with Crippen molar-refractivity contribution in [3.05, 3.63) is 34.9 Å². The van der Waals surface area contributed by atoms with Crippen LogP contribution in [-0.4, -0.2) is 0 Å². The summed E-state index contributed by atoms with van der Waals surface area (Å²) in [6, 6.07) is 7.36. The standard InChI is InChI=1S/C18H26/c1-12-10-14(12)13-6-7-15-16(11-13)18(4,5)9-8-17(15,2)3/h6-7,11-12,14H,8-10H2,1-5H3. The SMILES string of the molecule is CC1CC1c1ccc2c(c1)C(C)(C)CCC2(C)C. The molecule has 0 bridgehead atoms. The van der Waals surface area contributed by atoms with Crippen LogP contribution >= 0.6 is 0 Å². The maximum atomic E-state index is 2.53. The molecule has 0 heterocycles. The van der Waals surface area contributed by atoms with Crippen LogP contribution in [0.2, 0.25) is 0 Å². The predicted molar refractivity (Wildman–Crippen MR) is 78.3 cm³/mol. The van der Waals surface area contributed by atoms with Gasteiger partial charge in [-0.15, -0.1) is 0 Å². The van der Waals surface area contributed by atoms with Crippen LogP contribution in [-0.2, 0) is 10.8 Å². The van der Waals surface area contributed by atoms with Gasteiger partial charge >= 0.3 is 0 Å². The summed E-state index contributed by atoms with van der Waals surface area (Å²) in [6.07, 6.45) is 4.02. The summed E-state index contributed by atoms with van der Waals surface area (Å²) >= 11 is 0. The summed E-state index contributed by atoms with van der Waals surface area (Å²) in [5.74, 6) is 1.75. The van der Waals surface area contributed by atoms with Crippen LogP contribution in [0.1, 0.15) is 76.5 Å². The molecule has 18 heavy (non-hydrogen) atoms. The van der Waals surface area contributed by atoms with E-state index in [1.807, 2.05) is 0 Å². The lowest BCUT2D eigenvalue weighted by Gasteiger charge is -2.42. The van der Waals surface area contributed by atoms with E-state index in [-0.39, 0.29) is 0 Å². The van der Waals surface area contributed by atoms with E-state index in [1.54, 1.807) is 16.7 Å². The highest BCUT2D eigenvalue weighted by atomic mass is 14.4. The van der Waals surface area contributed by atoms with Gasteiger partial charge in [0.1, 0.15) is 0 Å². The molecule has 98 valence electrons. The molecule has 0 spiro atoms. The molecule has 0 aliphatic heterocycles. The number of rotatable bonds is 1. The van der Waals surface area contributed by atoms with E-state index in [0.29, 0.717) is 10.8 Å². The van der Waals surface area contributed by atoms with Crippen molar-refractivity contribution in [2.75, 3.05) is 0 Å². The van der Waals surface area contributed by atoms with Crippen LogP contribution < -0.4 is 0 Å². The van der Waals surface area contributed by atoms with Gasteiger partial charge in [0, 0.05) is 0 Å². The molecule has 1 aromatic carbocycles. The van der Waals surface area contributed by atoms with Gasteiger partial charge in [-0.05, 0) is 58.6 Å². The fraction of sp³-hybridized carbons (Fsp3) is 0.667. The Hall–Kier alpha value is -0.780. The number of hydrogen-bond acceptors (Lipinski definition) is 0. The molecule has 0 radical (unpaired) electrons. The molecule has 0 heteroatoms. The second-order valence-electron chi connectivity index (χ2n) is 7.89. The Morgan fingerprint density at radius 3 is 2.06 bits per heavy atom. The number of benzene rings is 1. The first-order valence-corrected chi connectivity index (χ1v) is 7.46. The summed E-state index contributed by atoms with van der Waals surface area (Å²) in [5, 5.41) is 0. The maximum absolute atomic E-state index is 2.53. The smallest absolute Gasteiger partial charge is 0.0100 e. The minimum atomic E-state index is 0.360. The van der Waals surface area contributed by atoms with E-state index in [9.17, 15) is 0 Å². The lowest BCUT2D eigenvalue weighted by atomic mass is 9.63. The Bertz CT molecular complexity index is 479. The van der Waals surface area contributed by atoms with Gasteiger partial charge in [0.05, 0.1) is 0 Å². The zero-order valence-electron chi connectivity index (χ0n) is 12.5. The topological polar surface area (TPSA) is 0 Å². The van der Waals surface area contributed by atoms with Gasteiger partial charge in [-0.1, -0.05) is 52.8 Å². The summed E-state index contributed by atoms with van der Waals surface area (Å²) < 4.78 is 0. The van der Waals surface area contributed by atoms with Crippen LogP contribution in [0.4, 0.5) is 0 Å². The first kappa shape index (κ1) is 12.3. The molecule has 2 aliphatic rings. The largest absolute Gasteiger partial charge is 0.0619 e. The Kier molecular flexibility index (Phi) is 2.47. The number of hydrogen-bond donors (Lipinski definition) is 0. The van der Waals surface area contributed by atoms with Crippen molar-refractivity contribution in [3.63, 3.8) is 0 Å². The van der Waals surface area contributed by atoms with Crippen LogP contribution in [0.25, 0.3) is 0 Å². The van der Waals surface area contributed by atoms with Crippen molar-refractivity contribution in [2.24, 2.45) is 5.92 Å². The fourth-order valence-electron chi connectivity index (χ4n) is 3.62. The van der Waals surface area contributed by atoms with Gasteiger partial charge < -0.3 is 0 Å². The molecule has 0 saturated heterocycles. The Morgan fingerprint density at radius 1 is 0.944 bits per heavy atom. The van der Waals surface area contributed by atoms with Crippen LogP contribution in [0.3, 0.4) is 0 Å². The molecule has 1 saturated carbocycles. The van der Waals surface area contributed by atoms with Gasteiger partial charge in [-0.2, -0.15) is 0 Å². The molecule has 2 atom stereocenters. The van der Waals surface area contributed by atoms with Crippen molar-refractivity contribution in [1.29, 1.82) is 0 Å². The molecule has 3 rings (SSSR count). The second-order valence-corrected chi connectivity index (χ2v) is 7.89. The van der Waals surface area contributed by atoms with Gasteiger partial charge in [-0.25, -0.2) is 0 Å². The van der Waals surface area contributed by atoms with Crippen molar-refractivity contribution < 1.29 is 0 Å². The first-order chi connectivity index (χ1) is 8.31. The third-order valence-electron chi connectivity index (χ3n) is 5.41. The third kappa shape index (κ3) is 1.81. The molecule has 0 aromatic heterocycles. The molecule has 2 unspecified atom stereocenters. The molecule has 1 fully saturated rings. The fourth-order valence-corrected chi connectivity index (χ4v) is 3.62. The van der Waals surface area contributed by atoms with Gasteiger partial charge in [0.2, 0.25) is 0 Å². The zero-order chi connectivity index (χ0) is 13.1. The van der Waals surface area contributed by atoms with Gasteiger partial charge in [0.25, 0.3) is 0 Å². The number of fused-ring (bicyclic) bond motifs is 1. The molecule has 0 N–H and O–H groups in total. The van der Waals surface area contributed by atoms with Crippen molar-refractivity contribution in [2.45, 2.75) is 70.6 Å². The van der Waals surface area contributed by atoms with Crippen molar-refractivity contribution in [3.8, 4) is 0 Å². The summed E-state index contributed by atoms with van der Waals surface area (Å²) in [6.45, 7) is 12.0. The molecule has 0 amide bonds. The van der Waals surface area contributed by atoms with Crippen molar-refractivity contribution in [1.82, 2.24) is 0 Å².